The second-order valence-corrected chi connectivity index (χ2v) is 9.82. The van der Waals surface area contributed by atoms with Crippen LogP contribution in [0.15, 0.2) is 55.0 Å². The van der Waals surface area contributed by atoms with Crippen molar-refractivity contribution >= 4 is 34.9 Å². The number of carbonyl (C=O) groups is 3. The topological polar surface area (TPSA) is 145 Å². The molecule has 2 fully saturated rings. The molecular weight excluding hydrogens is 498 g/mol. The summed E-state index contributed by atoms with van der Waals surface area (Å²) >= 11 is 0. The molecule has 2 saturated heterocycles. The summed E-state index contributed by atoms with van der Waals surface area (Å²) in [4.78, 5) is 52.4. The fourth-order valence-corrected chi connectivity index (χ4v) is 5.57. The number of hydrogen-bond donors (Lipinski definition) is 2. The minimum atomic E-state index is -0.516. The van der Waals surface area contributed by atoms with E-state index in [9.17, 15) is 14.4 Å². The van der Waals surface area contributed by atoms with Crippen LogP contribution >= 0.6 is 0 Å². The van der Waals surface area contributed by atoms with E-state index in [1.54, 1.807) is 18.3 Å². The maximum Gasteiger partial charge on any atom is 0.338 e. The Kier molecular flexibility index (Phi) is 6.18. The molecule has 198 valence electrons. The summed E-state index contributed by atoms with van der Waals surface area (Å²) in [6, 6.07) is 10.3. The quantitative estimate of drug-likeness (QED) is 0.378. The lowest BCUT2D eigenvalue weighted by atomic mass is 9.92. The number of nitrogens with zero attached hydrogens (tertiary/aromatic N) is 5. The van der Waals surface area contributed by atoms with Crippen LogP contribution in [0.4, 0.5) is 11.6 Å². The molecule has 2 amide bonds. The number of pyridine rings is 1. The fraction of sp³-hybridized carbons (Fsp3) is 0.286. The average Bonchev–Trinajstić information content (AvgIpc) is 3.54. The number of rotatable bonds is 5. The van der Waals surface area contributed by atoms with Gasteiger partial charge in [-0.1, -0.05) is 12.1 Å². The van der Waals surface area contributed by atoms with Crippen LogP contribution in [0.2, 0.25) is 0 Å². The summed E-state index contributed by atoms with van der Waals surface area (Å²) in [5, 5.41) is 2.70. The first-order chi connectivity index (χ1) is 18.9. The molecule has 0 spiro atoms. The lowest BCUT2D eigenvalue weighted by molar-refractivity contribution is -0.130. The lowest BCUT2D eigenvalue weighted by Crippen LogP contribution is -2.41. The van der Waals surface area contributed by atoms with Crippen molar-refractivity contribution < 1.29 is 19.1 Å². The number of aromatic nitrogens is 4. The molecule has 0 saturated carbocycles. The van der Waals surface area contributed by atoms with Crippen molar-refractivity contribution in [1.82, 2.24) is 24.3 Å². The molecule has 6 rings (SSSR count). The van der Waals surface area contributed by atoms with Gasteiger partial charge in [-0.15, -0.1) is 0 Å². The Morgan fingerprint density at radius 1 is 1.05 bits per heavy atom. The molecular formula is C28H27N7O4. The number of nitrogen functional groups attached to an aromatic ring is 1. The number of methoxy groups -OCH3 is 1. The molecule has 3 aromatic heterocycles. The molecule has 0 aliphatic carbocycles. The normalized spacial score (nSPS) is 18.7. The van der Waals surface area contributed by atoms with Crippen molar-refractivity contribution in [1.29, 1.82) is 0 Å². The summed E-state index contributed by atoms with van der Waals surface area (Å²) in [7, 11) is 1.29. The van der Waals surface area contributed by atoms with Crippen LogP contribution < -0.4 is 11.1 Å². The van der Waals surface area contributed by atoms with Gasteiger partial charge in [0.1, 0.15) is 28.7 Å². The fourth-order valence-electron chi connectivity index (χ4n) is 5.57. The molecule has 11 nitrogen and oxygen atoms in total. The number of nitrogens with two attached hydrogens (primary N) is 1. The van der Waals surface area contributed by atoms with Gasteiger partial charge in [-0.25, -0.2) is 19.7 Å². The number of esters is 1. The first-order valence-corrected chi connectivity index (χ1v) is 12.8. The van der Waals surface area contributed by atoms with Crippen LogP contribution in [-0.4, -0.2) is 61.7 Å². The van der Waals surface area contributed by atoms with Gasteiger partial charge in [0.05, 0.1) is 12.7 Å². The minimum absolute atomic E-state index is 0.0876. The van der Waals surface area contributed by atoms with E-state index in [4.69, 9.17) is 15.5 Å². The Hall–Kier alpha value is -4.80. The van der Waals surface area contributed by atoms with E-state index in [-0.39, 0.29) is 29.1 Å². The van der Waals surface area contributed by atoms with Crippen molar-refractivity contribution in [3.8, 4) is 11.3 Å². The molecule has 2 aliphatic rings. The number of hydrogen-bond acceptors (Lipinski definition) is 8. The Morgan fingerprint density at radius 3 is 2.67 bits per heavy atom. The SMILES string of the molecule is COC(=O)c1ccnc(NC(=O)c2ccc(-c3nc([C@@H]4CC[C@H]5CCC(=O)N5C4)n4ccnc(N)c34)cc2)c1. The average molecular weight is 526 g/mol. The molecule has 0 bridgehead atoms. The van der Waals surface area contributed by atoms with Gasteiger partial charge < -0.3 is 20.7 Å². The smallest absolute Gasteiger partial charge is 0.338 e. The predicted molar refractivity (Wildman–Crippen MR) is 143 cm³/mol. The standard InChI is InChI=1S/C28H27N7O4/c1-39-28(38)18-10-11-30-21(14-18)32-27(37)17-4-2-16(3-5-17)23-24-25(29)31-12-13-34(24)26(33-23)19-6-7-20-8-9-22(36)35(20)15-19/h2-5,10-14,19-20H,6-9,15H2,1H3,(H2,29,31)(H,30,32,37)/t19-,20+/m1/s1. The van der Waals surface area contributed by atoms with E-state index >= 15 is 0 Å². The monoisotopic (exact) mass is 525 g/mol. The number of anilines is 2. The lowest BCUT2D eigenvalue weighted by Gasteiger charge is -2.34. The van der Waals surface area contributed by atoms with Gasteiger partial charge in [0.15, 0.2) is 0 Å². The number of fused-ring (bicyclic) bond motifs is 2. The summed E-state index contributed by atoms with van der Waals surface area (Å²) in [6.07, 6.45) is 8.39. The van der Waals surface area contributed by atoms with E-state index in [1.165, 1.54) is 25.4 Å². The number of benzene rings is 1. The molecule has 1 aromatic carbocycles. The number of piperidine rings is 1. The molecule has 2 aliphatic heterocycles. The highest BCUT2D eigenvalue weighted by Crippen LogP contribution is 2.38. The molecule has 4 aromatic rings. The van der Waals surface area contributed by atoms with E-state index in [2.05, 4.69) is 15.3 Å². The van der Waals surface area contributed by atoms with Crippen LogP contribution in [0.3, 0.4) is 0 Å². The van der Waals surface area contributed by atoms with Gasteiger partial charge in [-0.2, -0.15) is 0 Å². The Bertz CT molecular complexity index is 1600. The number of carbonyl (C=O) groups excluding carboxylic acids is 3. The van der Waals surface area contributed by atoms with Crippen molar-refractivity contribution in [3.05, 3.63) is 71.9 Å². The highest BCUT2D eigenvalue weighted by atomic mass is 16.5. The molecule has 0 radical (unpaired) electrons. The molecule has 0 unspecified atom stereocenters. The highest BCUT2D eigenvalue weighted by molar-refractivity contribution is 6.04. The minimum Gasteiger partial charge on any atom is -0.465 e. The second kappa shape index (κ2) is 9.82. The second-order valence-electron chi connectivity index (χ2n) is 9.82. The van der Waals surface area contributed by atoms with E-state index < -0.39 is 5.97 Å². The Morgan fingerprint density at radius 2 is 1.87 bits per heavy atom. The van der Waals surface area contributed by atoms with Gasteiger partial charge >= 0.3 is 5.97 Å². The van der Waals surface area contributed by atoms with Crippen LogP contribution in [0.25, 0.3) is 16.8 Å². The molecule has 3 N–H and O–H groups in total. The molecule has 2 atom stereocenters. The third-order valence-corrected chi connectivity index (χ3v) is 7.54. The van der Waals surface area contributed by atoms with Crippen molar-refractivity contribution in [2.75, 3.05) is 24.7 Å². The van der Waals surface area contributed by atoms with E-state index in [0.29, 0.717) is 41.6 Å². The maximum atomic E-state index is 12.9. The largest absolute Gasteiger partial charge is 0.465 e. The van der Waals surface area contributed by atoms with Crippen molar-refractivity contribution in [2.24, 2.45) is 0 Å². The Balaban J connectivity index is 1.28. The van der Waals surface area contributed by atoms with Crippen LogP contribution in [-0.2, 0) is 9.53 Å². The number of amides is 2. The van der Waals surface area contributed by atoms with Crippen molar-refractivity contribution in [2.45, 2.75) is 37.6 Å². The highest BCUT2D eigenvalue weighted by Gasteiger charge is 2.38. The Labute approximate surface area is 224 Å². The zero-order valence-corrected chi connectivity index (χ0v) is 21.3. The van der Waals surface area contributed by atoms with Gasteiger partial charge in [0, 0.05) is 54.6 Å². The van der Waals surface area contributed by atoms with Gasteiger partial charge in [0.25, 0.3) is 5.91 Å². The molecule has 5 heterocycles. The summed E-state index contributed by atoms with van der Waals surface area (Å²) < 4.78 is 6.70. The van der Waals surface area contributed by atoms with Gasteiger partial charge in [-0.05, 0) is 43.5 Å². The zero-order chi connectivity index (χ0) is 27.1. The molecule has 39 heavy (non-hydrogen) atoms. The maximum absolute atomic E-state index is 12.9. The zero-order valence-electron chi connectivity index (χ0n) is 21.3. The van der Waals surface area contributed by atoms with Crippen molar-refractivity contribution in [3.63, 3.8) is 0 Å². The number of ether oxygens (including phenoxy) is 1. The number of imidazole rings is 1. The van der Waals surface area contributed by atoms with Gasteiger partial charge in [0.2, 0.25) is 5.91 Å². The summed E-state index contributed by atoms with van der Waals surface area (Å²) in [5.41, 5.74) is 9.16. The summed E-state index contributed by atoms with van der Waals surface area (Å²) in [6.45, 7) is 0.647. The first-order valence-electron chi connectivity index (χ1n) is 12.8. The van der Waals surface area contributed by atoms with Crippen LogP contribution in [0.1, 0.15) is 58.1 Å². The number of nitrogens with one attached hydrogen (secondary N) is 1. The first kappa shape index (κ1) is 24.5. The predicted octanol–water partition coefficient (Wildman–Crippen LogP) is 3.28. The third-order valence-electron chi connectivity index (χ3n) is 7.54. The summed E-state index contributed by atoms with van der Waals surface area (Å²) in [5.74, 6) is 0.859. The third kappa shape index (κ3) is 4.45. The van der Waals surface area contributed by atoms with E-state index in [0.717, 1.165) is 30.7 Å². The van der Waals surface area contributed by atoms with Crippen LogP contribution in [0.5, 0.6) is 0 Å². The van der Waals surface area contributed by atoms with Gasteiger partial charge in [-0.3, -0.25) is 14.0 Å². The van der Waals surface area contributed by atoms with Crippen LogP contribution in [0, 0.1) is 0 Å². The molecule has 11 heteroatoms. The van der Waals surface area contributed by atoms with E-state index in [1.807, 2.05) is 27.6 Å².